The summed E-state index contributed by atoms with van der Waals surface area (Å²) >= 11 is 0. The van der Waals surface area contributed by atoms with E-state index in [0.717, 1.165) is 44.9 Å². The Kier molecular flexibility index (Phi) is 53.4. The fourth-order valence-electron chi connectivity index (χ4n) is 9.55. The number of unbranched alkanes of at least 4 members (excludes halogenated alkanes) is 41. The molecule has 0 rings (SSSR count). The van der Waals surface area contributed by atoms with E-state index in [4.69, 9.17) is 4.74 Å². The van der Waals surface area contributed by atoms with E-state index in [0.29, 0.717) is 19.3 Å². The van der Waals surface area contributed by atoms with Crippen LogP contribution in [0, 0.1) is 0 Å². The highest BCUT2D eigenvalue weighted by atomic mass is 16.5. The van der Waals surface area contributed by atoms with Gasteiger partial charge in [-0.05, 0) is 51.4 Å². The minimum atomic E-state index is -0.783. The van der Waals surface area contributed by atoms with E-state index in [2.05, 4.69) is 38.2 Å². The summed E-state index contributed by atoms with van der Waals surface area (Å²) in [6.45, 7) is 6.53. The number of carbonyl (C=O) groups is 2. The molecule has 0 aromatic carbocycles. The van der Waals surface area contributed by atoms with Crippen LogP contribution in [-0.4, -0.2) is 46.9 Å². The van der Waals surface area contributed by atoms with Crippen LogP contribution in [0.1, 0.15) is 335 Å². The molecule has 1 amide bonds. The Balaban J connectivity index is 4.45. The molecule has 0 fully saturated rings. The number of amides is 1. The zero-order valence-corrected chi connectivity index (χ0v) is 44.9. The van der Waals surface area contributed by atoms with Gasteiger partial charge in [-0.3, -0.25) is 9.59 Å². The third kappa shape index (κ3) is 49.0. The third-order valence-corrected chi connectivity index (χ3v) is 14.1. The first kappa shape index (κ1) is 64.6. The Morgan fingerprint density at radius 2 is 0.727 bits per heavy atom. The topological polar surface area (TPSA) is 95.9 Å². The maximum atomic E-state index is 13.3. The van der Waals surface area contributed by atoms with Gasteiger partial charge < -0.3 is 20.3 Å². The molecule has 6 heteroatoms. The summed E-state index contributed by atoms with van der Waals surface area (Å²) in [6.07, 6.45) is 62.8. The maximum absolute atomic E-state index is 13.3. The van der Waals surface area contributed by atoms with Crippen molar-refractivity contribution in [3.8, 4) is 0 Å². The number of allylic oxidation sites excluding steroid dienone is 2. The second-order valence-electron chi connectivity index (χ2n) is 20.8. The highest BCUT2D eigenvalue weighted by Crippen LogP contribution is 2.19. The number of aliphatic hydroxyl groups is 2. The van der Waals surface area contributed by atoms with Gasteiger partial charge in [-0.25, -0.2) is 0 Å². The Hall–Kier alpha value is -1.40. The van der Waals surface area contributed by atoms with Gasteiger partial charge in [0.2, 0.25) is 5.91 Å². The van der Waals surface area contributed by atoms with Gasteiger partial charge in [0.05, 0.1) is 25.2 Å². The number of ether oxygens (including phenoxy) is 1. The lowest BCUT2D eigenvalue weighted by Gasteiger charge is -2.24. The molecule has 3 N–H and O–H groups in total. The molecule has 0 radical (unpaired) electrons. The van der Waals surface area contributed by atoms with E-state index in [-0.39, 0.29) is 24.9 Å². The Labute approximate surface area is 412 Å². The van der Waals surface area contributed by atoms with Crippen LogP contribution >= 0.6 is 0 Å². The van der Waals surface area contributed by atoms with Crippen LogP contribution in [-0.2, 0) is 14.3 Å². The summed E-state index contributed by atoms with van der Waals surface area (Å²) < 4.78 is 5.97. The smallest absolute Gasteiger partial charge is 0.306 e. The molecule has 0 bridgehead atoms. The molecule has 66 heavy (non-hydrogen) atoms. The number of carbonyl (C=O) groups excluding carboxylic acids is 2. The van der Waals surface area contributed by atoms with Crippen molar-refractivity contribution in [2.75, 3.05) is 6.61 Å². The van der Waals surface area contributed by atoms with Crippen molar-refractivity contribution in [3.63, 3.8) is 0 Å². The van der Waals surface area contributed by atoms with Crippen LogP contribution in [0.5, 0.6) is 0 Å². The Bertz CT molecular complexity index is 1000. The minimum absolute atomic E-state index is 0.0839. The monoisotopic (exact) mass is 932 g/mol. The molecular weight excluding hydrogens is 815 g/mol. The van der Waals surface area contributed by atoms with Crippen molar-refractivity contribution in [2.45, 2.75) is 354 Å². The lowest BCUT2D eigenvalue weighted by Crippen LogP contribution is -2.46. The van der Waals surface area contributed by atoms with Crippen molar-refractivity contribution < 1.29 is 24.5 Å². The molecule has 0 aliphatic rings. The molecule has 0 aromatic heterocycles. The van der Waals surface area contributed by atoms with Gasteiger partial charge in [-0.15, -0.1) is 0 Å². The number of aliphatic hydroxyl groups excluding tert-OH is 2. The standard InChI is InChI=1S/C60H117NO5/c1-4-7-10-13-16-19-22-25-27-29-31-34-37-40-43-46-49-52-58(63)57(55-62)61-59(64)54-56(51-48-45-42-39-36-33-24-21-18-15-12-9-6-3)66-60(65)53-50-47-44-41-38-35-32-30-28-26-23-20-17-14-11-8-5-2/h26,28,56-58,62-63H,4-25,27,29-55H2,1-3H3,(H,61,64)/b28-26+. The molecule has 0 spiro atoms. The SMILES string of the molecule is CCCCCCCC/C=C/CCCCCCCCCC(=O)OC(CCCCCCCCCCCCCCC)CC(=O)NC(CO)C(O)CCCCCCCCCCCCCCCCCCC. The molecule has 0 aliphatic carbocycles. The van der Waals surface area contributed by atoms with Crippen LogP contribution in [0.3, 0.4) is 0 Å². The van der Waals surface area contributed by atoms with Gasteiger partial charge >= 0.3 is 5.97 Å². The molecule has 0 aromatic rings. The molecule has 3 unspecified atom stereocenters. The Morgan fingerprint density at radius 1 is 0.424 bits per heavy atom. The molecular formula is C60H117NO5. The zero-order chi connectivity index (χ0) is 48.1. The average Bonchev–Trinajstić information content (AvgIpc) is 3.31. The molecule has 6 nitrogen and oxygen atoms in total. The lowest BCUT2D eigenvalue weighted by atomic mass is 10.0. The number of nitrogens with one attached hydrogen (secondary N) is 1. The first-order valence-corrected chi connectivity index (χ1v) is 29.9. The Morgan fingerprint density at radius 3 is 1.08 bits per heavy atom. The van der Waals surface area contributed by atoms with Crippen LogP contribution in [0.4, 0.5) is 0 Å². The lowest BCUT2D eigenvalue weighted by molar-refractivity contribution is -0.151. The van der Waals surface area contributed by atoms with E-state index in [1.54, 1.807) is 0 Å². The van der Waals surface area contributed by atoms with Gasteiger partial charge in [0.25, 0.3) is 0 Å². The van der Waals surface area contributed by atoms with Gasteiger partial charge in [0.15, 0.2) is 0 Å². The molecule has 392 valence electrons. The van der Waals surface area contributed by atoms with Gasteiger partial charge in [0.1, 0.15) is 6.10 Å². The van der Waals surface area contributed by atoms with Crippen LogP contribution in [0.25, 0.3) is 0 Å². The van der Waals surface area contributed by atoms with E-state index >= 15 is 0 Å². The summed E-state index contributed by atoms with van der Waals surface area (Å²) in [5, 5.41) is 23.9. The molecule has 3 atom stereocenters. The van der Waals surface area contributed by atoms with Crippen molar-refractivity contribution in [1.82, 2.24) is 5.32 Å². The summed E-state index contributed by atoms with van der Waals surface area (Å²) in [5.41, 5.74) is 0. The van der Waals surface area contributed by atoms with Gasteiger partial charge in [0, 0.05) is 6.42 Å². The molecule has 0 saturated heterocycles. The van der Waals surface area contributed by atoms with E-state index in [9.17, 15) is 19.8 Å². The first-order valence-electron chi connectivity index (χ1n) is 29.9. The van der Waals surface area contributed by atoms with Crippen LogP contribution < -0.4 is 5.32 Å². The van der Waals surface area contributed by atoms with Crippen molar-refractivity contribution in [3.05, 3.63) is 12.2 Å². The van der Waals surface area contributed by atoms with E-state index < -0.39 is 18.2 Å². The number of hydrogen-bond acceptors (Lipinski definition) is 5. The number of esters is 1. The average molecular weight is 933 g/mol. The second kappa shape index (κ2) is 54.5. The summed E-state index contributed by atoms with van der Waals surface area (Å²) in [6, 6.07) is -0.697. The number of hydrogen-bond donors (Lipinski definition) is 3. The normalized spacial score (nSPS) is 13.1. The highest BCUT2D eigenvalue weighted by Gasteiger charge is 2.24. The van der Waals surface area contributed by atoms with E-state index in [1.165, 1.54) is 244 Å². The van der Waals surface area contributed by atoms with Crippen molar-refractivity contribution in [2.24, 2.45) is 0 Å². The predicted octanol–water partition coefficient (Wildman–Crippen LogP) is 18.5. The van der Waals surface area contributed by atoms with Gasteiger partial charge in [-0.2, -0.15) is 0 Å². The largest absolute Gasteiger partial charge is 0.462 e. The molecule has 0 heterocycles. The van der Waals surface area contributed by atoms with Gasteiger partial charge in [-0.1, -0.05) is 283 Å². The maximum Gasteiger partial charge on any atom is 0.306 e. The van der Waals surface area contributed by atoms with Crippen LogP contribution in [0.2, 0.25) is 0 Å². The highest BCUT2D eigenvalue weighted by molar-refractivity contribution is 5.77. The third-order valence-electron chi connectivity index (χ3n) is 14.1. The van der Waals surface area contributed by atoms with Crippen LogP contribution in [0.15, 0.2) is 12.2 Å². The summed E-state index contributed by atoms with van der Waals surface area (Å²) in [7, 11) is 0. The fourth-order valence-corrected chi connectivity index (χ4v) is 9.55. The number of rotatable bonds is 55. The molecule has 0 aliphatic heterocycles. The quantitative estimate of drug-likeness (QED) is 0.0321. The fraction of sp³-hybridized carbons (Fsp3) is 0.933. The van der Waals surface area contributed by atoms with Crippen molar-refractivity contribution >= 4 is 11.9 Å². The van der Waals surface area contributed by atoms with Crippen molar-refractivity contribution in [1.29, 1.82) is 0 Å². The first-order chi connectivity index (χ1) is 32.5. The predicted molar refractivity (Wildman–Crippen MR) is 287 cm³/mol. The minimum Gasteiger partial charge on any atom is -0.462 e. The van der Waals surface area contributed by atoms with E-state index in [1.807, 2.05) is 0 Å². The summed E-state index contributed by atoms with van der Waals surface area (Å²) in [5.74, 6) is -0.455. The second-order valence-corrected chi connectivity index (χ2v) is 20.8. The summed E-state index contributed by atoms with van der Waals surface area (Å²) in [4.78, 5) is 26.3. The zero-order valence-electron chi connectivity index (χ0n) is 44.9. The molecule has 0 saturated carbocycles.